The minimum Gasteiger partial charge on any atom is -0.397 e. The quantitative estimate of drug-likeness (QED) is 0.515. The van der Waals surface area contributed by atoms with Gasteiger partial charge >= 0.3 is 0 Å². The van der Waals surface area contributed by atoms with Crippen LogP contribution in [0.1, 0.15) is 23.3 Å². The first-order chi connectivity index (χ1) is 14.5. The summed E-state index contributed by atoms with van der Waals surface area (Å²) in [5, 5.41) is 2.91. The molecular weight excluding hydrogens is 380 g/mol. The minimum atomic E-state index is -0.410. The maximum absolute atomic E-state index is 13.0. The number of amides is 1. The molecule has 4 rings (SSSR count). The molecule has 1 aliphatic rings. The molecule has 1 aliphatic heterocycles. The van der Waals surface area contributed by atoms with Gasteiger partial charge in [0.15, 0.2) is 5.69 Å². The van der Waals surface area contributed by atoms with Crippen molar-refractivity contribution in [1.82, 2.24) is 15.0 Å². The third kappa shape index (κ3) is 4.15. The molecule has 1 fully saturated rings. The van der Waals surface area contributed by atoms with Crippen molar-refractivity contribution < 1.29 is 4.79 Å². The Balaban J connectivity index is 1.61. The van der Waals surface area contributed by atoms with Crippen LogP contribution >= 0.6 is 0 Å². The van der Waals surface area contributed by atoms with Crippen LogP contribution in [-0.4, -0.2) is 40.0 Å². The lowest BCUT2D eigenvalue weighted by Crippen LogP contribution is -2.43. The molecule has 0 aliphatic carbocycles. The summed E-state index contributed by atoms with van der Waals surface area (Å²) in [6.45, 7) is 1.60. The molecule has 7 N–H and O–H groups in total. The zero-order chi connectivity index (χ0) is 21.1. The number of nitrogens with zero attached hydrogens (tertiary/aromatic N) is 4. The Morgan fingerprint density at radius 1 is 1.17 bits per heavy atom. The fourth-order valence-electron chi connectivity index (χ4n) is 3.59. The summed E-state index contributed by atoms with van der Waals surface area (Å²) >= 11 is 0. The second-order valence-electron chi connectivity index (χ2n) is 7.30. The van der Waals surface area contributed by atoms with Gasteiger partial charge in [-0.15, -0.1) is 0 Å². The van der Waals surface area contributed by atoms with Crippen LogP contribution < -0.4 is 27.4 Å². The molecule has 3 aromatic rings. The number of hydrogen-bond donors (Lipinski definition) is 4. The number of carbonyl (C=O) groups is 1. The third-order valence-corrected chi connectivity index (χ3v) is 5.06. The van der Waals surface area contributed by atoms with Gasteiger partial charge in [0, 0.05) is 37.1 Å². The number of hydrogen-bond acceptors (Lipinski definition) is 8. The highest BCUT2D eigenvalue weighted by Gasteiger charge is 2.21. The Labute approximate surface area is 174 Å². The largest absolute Gasteiger partial charge is 0.397 e. The number of aromatic nitrogens is 3. The second-order valence-corrected chi connectivity index (χ2v) is 7.30. The lowest BCUT2D eigenvalue weighted by molar-refractivity contribution is 0.102. The third-order valence-electron chi connectivity index (χ3n) is 5.06. The number of anilines is 4. The summed E-state index contributed by atoms with van der Waals surface area (Å²) < 4.78 is 0. The van der Waals surface area contributed by atoms with Crippen LogP contribution in [0.3, 0.4) is 0 Å². The highest BCUT2D eigenvalue weighted by molar-refractivity contribution is 6.07. The molecule has 154 valence electrons. The summed E-state index contributed by atoms with van der Waals surface area (Å²) in [5.74, 6) is -0.0381. The Hall–Kier alpha value is -3.72. The average molecular weight is 404 g/mol. The number of pyridine rings is 3. The molecule has 9 heteroatoms. The van der Waals surface area contributed by atoms with Crippen LogP contribution in [0, 0.1) is 0 Å². The predicted molar refractivity (Wildman–Crippen MR) is 118 cm³/mol. The van der Waals surface area contributed by atoms with Crippen molar-refractivity contribution in [2.45, 2.75) is 18.9 Å². The highest BCUT2D eigenvalue weighted by atomic mass is 16.1. The molecule has 0 saturated carbocycles. The smallest absolute Gasteiger partial charge is 0.276 e. The normalized spacial score (nSPS) is 16.3. The van der Waals surface area contributed by atoms with Gasteiger partial charge in [0.05, 0.1) is 29.0 Å². The molecule has 0 aromatic carbocycles. The molecule has 0 spiro atoms. The Kier molecular flexibility index (Phi) is 5.44. The monoisotopic (exact) mass is 404 g/mol. The summed E-state index contributed by atoms with van der Waals surface area (Å²) in [6.07, 6.45) is 6.91. The van der Waals surface area contributed by atoms with Gasteiger partial charge in [-0.1, -0.05) is 0 Å². The molecule has 4 heterocycles. The van der Waals surface area contributed by atoms with Crippen molar-refractivity contribution >= 4 is 28.8 Å². The molecule has 9 nitrogen and oxygen atoms in total. The summed E-state index contributed by atoms with van der Waals surface area (Å²) in [6, 6.07) is 8.85. The fourth-order valence-corrected chi connectivity index (χ4v) is 3.59. The van der Waals surface area contributed by atoms with Gasteiger partial charge in [-0.2, -0.15) is 0 Å². The Morgan fingerprint density at radius 2 is 2.03 bits per heavy atom. The first kappa shape index (κ1) is 19.6. The van der Waals surface area contributed by atoms with Crippen LogP contribution in [0.4, 0.5) is 22.9 Å². The lowest BCUT2D eigenvalue weighted by atomic mass is 10.1. The first-order valence-corrected chi connectivity index (χ1v) is 9.75. The van der Waals surface area contributed by atoms with Crippen LogP contribution in [0.5, 0.6) is 0 Å². The summed E-state index contributed by atoms with van der Waals surface area (Å²) in [5.41, 5.74) is 21.1. The molecule has 30 heavy (non-hydrogen) atoms. The zero-order valence-corrected chi connectivity index (χ0v) is 16.5. The van der Waals surface area contributed by atoms with Crippen LogP contribution in [0.2, 0.25) is 0 Å². The predicted octanol–water partition coefficient (Wildman–Crippen LogP) is 1.88. The standard InChI is InChI=1S/C21H24N8O/c22-14-2-1-9-29(12-14)18-6-7-25-11-17(18)28-21(30)20-15(23)3-4-16(27-20)13-5-8-26-19(24)10-13/h3-8,10-11,14H,1-2,9,12,22-23H2,(H2,24,26)(H,28,30)/t14-/m0/s1. The van der Waals surface area contributed by atoms with Crippen LogP contribution in [0.25, 0.3) is 11.3 Å². The van der Waals surface area contributed by atoms with E-state index in [4.69, 9.17) is 17.2 Å². The molecule has 0 unspecified atom stereocenters. The van der Waals surface area contributed by atoms with E-state index < -0.39 is 5.91 Å². The molecular formula is C21H24N8O. The van der Waals surface area contributed by atoms with Gasteiger partial charge in [-0.05, 0) is 43.2 Å². The summed E-state index contributed by atoms with van der Waals surface area (Å²) in [4.78, 5) is 27.8. The number of nitrogens with two attached hydrogens (primary N) is 3. The Morgan fingerprint density at radius 3 is 2.83 bits per heavy atom. The minimum absolute atomic E-state index is 0.109. The van der Waals surface area contributed by atoms with E-state index in [-0.39, 0.29) is 17.4 Å². The molecule has 1 atom stereocenters. The number of nitrogens with one attached hydrogen (secondary N) is 1. The molecule has 0 radical (unpaired) electrons. The van der Waals surface area contributed by atoms with Crippen molar-refractivity contribution in [3.63, 3.8) is 0 Å². The van der Waals surface area contributed by atoms with E-state index in [1.165, 1.54) is 0 Å². The number of rotatable bonds is 4. The number of piperidine rings is 1. The van der Waals surface area contributed by atoms with Crippen molar-refractivity contribution in [3.8, 4) is 11.3 Å². The first-order valence-electron chi connectivity index (χ1n) is 9.75. The van der Waals surface area contributed by atoms with Crippen molar-refractivity contribution in [2.75, 3.05) is 34.8 Å². The van der Waals surface area contributed by atoms with Crippen LogP contribution in [-0.2, 0) is 0 Å². The van der Waals surface area contributed by atoms with Gasteiger partial charge in [0.25, 0.3) is 5.91 Å². The van der Waals surface area contributed by atoms with Gasteiger partial charge in [-0.25, -0.2) is 9.97 Å². The topological polar surface area (TPSA) is 149 Å². The molecule has 1 saturated heterocycles. The SMILES string of the molecule is Nc1cc(-c2ccc(N)c(C(=O)Nc3cnccc3N3CCC[C@H](N)C3)n2)ccn1. The van der Waals surface area contributed by atoms with Crippen LogP contribution in [0.15, 0.2) is 48.9 Å². The fraction of sp³-hybridized carbons (Fsp3) is 0.238. The van der Waals surface area contributed by atoms with E-state index in [9.17, 15) is 4.79 Å². The van der Waals surface area contributed by atoms with E-state index in [1.54, 1.807) is 42.9 Å². The van der Waals surface area contributed by atoms with Gasteiger partial charge in [0.2, 0.25) is 0 Å². The maximum Gasteiger partial charge on any atom is 0.276 e. The van der Waals surface area contributed by atoms with Crippen molar-refractivity contribution in [3.05, 3.63) is 54.6 Å². The molecule has 0 bridgehead atoms. The van der Waals surface area contributed by atoms with Crippen molar-refractivity contribution in [2.24, 2.45) is 5.73 Å². The number of carbonyl (C=O) groups excluding carboxylic acids is 1. The molecule has 1 amide bonds. The second kappa shape index (κ2) is 8.34. The van der Waals surface area contributed by atoms with Gasteiger partial charge in [0.1, 0.15) is 5.82 Å². The highest BCUT2D eigenvalue weighted by Crippen LogP contribution is 2.28. The number of nitrogen functional groups attached to an aromatic ring is 2. The van der Waals surface area contributed by atoms with Gasteiger partial charge in [-0.3, -0.25) is 9.78 Å². The lowest BCUT2D eigenvalue weighted by Gasteiger charge is -2.33. The Bertz CT molecular complexity index is 1070. The van der Waals surface area contributed by atoms with E-state index in [0.717, 1.165) is 37.2 Å². The van der Waals surface area contributed by atoms with E-state index in [0.29, 0.717) is 17.2 Å². The zero-order valence-electron chi connectivity index (χ0n) is 16.5. The average Bonchev–Trinajstić information content (AvgIpc) is 2.74. The van der Waals surface area contributed by atoms with E-state index in [1.807, 2.05) is 6.07 Å². The van der Waals surface area contributed by atoms with E-state index in [2.05, 4.69) is 25.2 Å². The summed E-state index contributed by atoms with van der Waals surface area (Å²) in [7, 11) is 0. The van der Waals surface area contributed by atoms with Crippen molar-refractivity contribution in [1.29, 1.82) is 0 Å². The molecule has 3 aromatic heterocycles. The maximum atomic E-state index is 13.0. The van der Waals surface area contributed by atoms with Gasteiger partial charge < -0.3 is 27.4 Å². The van der Waals surface area contributed by atoms with E-state index >= 15 is 0 Å².